The fourth-order valence-corrected chi connectivity index (χ4v) is 5.09. The molecule has 0 amide bonds. The third-order valence-electron chi connectivity index (χ3n) is 7.52. The van der Waals surface area contributed by atoms with Crippen molar-refractivity contribution in [3.05, 3.63) is 113 Å². The lowest BCUT2D eigenvalue weighted by Gasteiger charge is -2.23. The maximum atomic E-state index is 14.9. The number of aryl methyl sites for hydroxylation is 3. The molecule has 0 aliphatic heterocycles. The first-order valence-electron chi connectivity index (χ1n) is 13.6. The van der Waals surface area contributed by atoms with Gasteiger partial charge in [0.05, 0.1) is 0 Å². The van der Waals surface area contributed by atoms with Crippen molar-refractivity contribution in [1.29, 1.82) is 0 Å². The molecule has 3 aromatic carbocycles. The van der Waals surface area contributed by atoms with Crippen LogP contribution in [0.15, 0.2) is 72.8 Å². The van der Waals surface area contributed by atoms with E-state index < -0.39 is 11.6 Å². The summed E-state index contributed by atoms with van der Waals surface area (Å²) in [6, 6.07) is 17.3. The molecule has 3 aromatic rings. The number of hydrogen-bond acceptors (Lipinski definition) is 0. The summed E-state index contributed by atoms with van der Waals surface area (Å²) in [5, 5.41) is 0. The van der Waals surface area contributed by atoms with E-state index in [0.29, 0.717) is 23.5 Å². The standard InChI is InChI=1S/C34H37F3/c1-3-4-5-6-7-8-25-10-15-27(16-11-25)30-21-20-29(32(35)23-30)19-14-26-12-17-28(18-13-26)31-22-9-24(2)33(36)34(31)37/h5-6,9-11,15-17,20-23,26H,3-4,7-8,12-14,18-19H2,1-2H3. The van der Waals surface area contributed by atoms with Gasteiger partial charge < -0.3 is 0 Å². The van der Waals surface area contributed by atoms with E-state index in [9.17, 15) is 13.2 Å². The second-order valence-electron chi connectivity index (χ2n) is 10.3. The van der Waals surface area contributed by atoms with Gasteiger partial charge in [-0.2, -0.15) is 0 Å². The second-order valence-corrected chi connectivity index (χ2v) is 10.3. The lowest BCUT2D eigenvalue weighted by molar-refractivity contribution is 0.444. The van der Waals surface area contributed by atoms with Crippen LogP contribution in [0.3, 0.4) is 0 Å². The highest BCUT2D eigenvalue weighted by Gasteiger charge is 2.20. The first kappa shape index (κ1) is 27.0. The molecule has 0 aromatic heterocycles. The second kappa shape index (κ2) is 12.9. The Bertz CT molecular complexity index is 1250. The molecule has 37 heavy (non-hydrogen) atoms. The van der Waals surface area contributed by atoms with Gasteiger partial charge in [-0.15, -0.1) is 0 Å². The van der Waals surface area contributed by atoms with Crippen molar-refractivity contribution in [2.24, 2.45) is 5.92 Å². The van der Waals surface area contributed by atoms with Gasteiger partial charge in [0.1, 0.15) is 5.82 Å². The van der Waals surface area contributed by atoms with Gasteiger partial charge in [0.2, 0.25) is 0 Å². The molecule has 0 N–H and O–H groups in total. The molecule has 0 heterocycles. The molecule has 4 rings (SSSR count). The van der Waals surface area contributed by atoms with Gasteiger partial charge >= 0.3 is 0 Å². The van der Waals surface area contributed by atoms with Gasteiger partial charge in [0, 0.05) is 5.56 Å². The zero-order chi connectivity index (χ0) is 26.2. The maximum absolute atomic E-state index is 14.9. The molecular formula is C34H37F3. The Morgan fingerprint density at radius 3 is 2.30 bits per heavy atom. The Morgan fingerprint density at radius 2 is 1.59 bits per heavy atom. The first-order chi connectivity index (χ1) is 18.0. The fraction of sp³-hybridized carbons (Fsp3) is 0.353. The van der Waals surface area contributed by atoms with Gasteiger partial charge in [-0.05, 0) is 104 Å². The molecule has 0 bridgehead atoms. The summed E-state index contributed by atoms with van der Waals surface area (Å²) in [5.41, 5.74) is 5.53. The van der Waals surface area contributed by atoms with Crippen molar-refractivity contribution < 1.29 is 13.2 Å². The van der Waals surface area contributed by atoms with Gasteiger partial charge in [-0.1, -0.05) is 80.1 Å². The number of allylic oxidation sites excluding steroid dienone is 4. The Morgan fingerprint density at radius 1 is 0.838 bits per heavy atom. The van der Waals surface area contributed by atoms with Crippen LogP contribution in [-0.2, 0) is 12.8 Å². The minimum atomic E-state index is -0.759. The van der Waals surface area contributed by atoms with Gasteiger partial charge in [0.15, 0.2) is 11.6 Å². The van der Waals surface area contributed by atoms with E-state index in [2.05, 4.69) is 43.3 Å². The number of benzene rings is 3. The molecule has 0 radical (unpaired) electrons. The number of rotatable bonds is 10. The number of unbranched alkanes of at least 4 members (excludes halogenated alkanes) is 1. The predicted octanol–water partition coefficient (Wildman–Crippen LogP) is 10.2. The van der Waals surface area contributed by atoms with Crippen LogP contribution < -0.4 is 0 Å². The third-order valence-corrected chi connectivity index (χ3v) is 7.52. The molecule has 0 saturated heterocycles. The van der Waals surface area contributed by atoms with Crippen LogP contribution in [0.25, 0.3) is 16.7 Å². The predicted molar refractivity (Wildman–Crippen MR) is 149 cm³/mol. The third kappa shape index (κ3) is 7.03. The van der Waals surface area contributed by atoms with Crippen LogP contribution in [0, 0.1) is 30.3 Å². The zero-order valence-electron chi connectivity index (χ0n) is 22.0. The van der Waals surface area contributed by atoms with E-state index in [1.165, 1.54) is 12.0 Å². The van der Waals surface area contributed by atoms with Crippen molar-refractivity contribution in [2.75, 3.05) is 0 Å². The molecule has 0 nitrogen and oxygen atoms in total. The summed E-state index contributed by atoms with van der Waals surface area (Å²) in [6.45, 7) is 3.76. The SMILES string of the molecule is CCCC=CCCc1ccc(-c2ccc(CCC3CC=C(c4ccc(C)c(F)c4F)CC3)c(F)c2)cc1. The molecule has 194 valence electrons. The average molecular weight is 503 g/mol. The average Bonchev–Trinajstić information content (AvgIpc) is 2.92. The van der Waals surface area contributed by atoms with Crippen molar-refractivity contribution in [2.45, 2.75) is 71.6 Å². The summed E-state index contributed by atoms with van der Waals surface area (Å²) in [6.07, 6.45) is 14.9. The zero-order valence-corrected chi connectivity index (χ0v) is 22.0. The van der Waals surface area contributed by atoms with Crippen molar-refractivity contribution >= 4 is 5.57 Å². The quantitative estimate of drug-likeness (QED) is 0.242. The smallest absolute Gasteiger partial charge is 0.166 e. The van der Waals surface area contributed by atoms with Gasteiger partial charge in [-0.3, -0.25) is 0 Å². The Balaban J connectivity index is 1.31. The molecule has 0 saturated carbocycles. The Kier molecular flexibility index (Phi) is 9.44. The van der Waals surface area contributed by atoms with Crippen molar-refractivity contribution in [3.8, 4) is 11.1 Å². The van der Waals surface area contributed by atoms with E-state index >= 15 is 0 Å². The van der Waals surface area contributed by atoms with Crippen LogP contribution in [0.5, 0.6) is 0 Å². The number of hydrogen-bond donors (Lipinski definition) is 0. The van der Waals surface area contributed by atoms with E-state index in [0.717, 1.165) is 67.2 Å². The van der Waals surface area contributed by atoms with Crippen LogP contribution in [-0.4, -0.2) is 0 Å². The molecule has 0 fully saturated rings. The highest BCUT2D eigenvalue weighted by Crippen LogP contribution is 2.35. The topological polar surface area (TPSA) is 0 Å². The summed E-state index contributed by atoms with van der Waals surface area (Å²) >= 11 is 0. The summed E-state index contributed by atoms with van der Waals surface area (Å²) in [5.74, 6) is -1.25. The maximum Gasteiger partial charge on any atom is 0.166 e. The largest absolute Gasteiger partial charge is 0.207 e. The minimum absolute atomic E-state index is 0.160. The van der Waals surface area contributed by atoms with Crippen LogP contribution in [0.4, 0.5) is 13.2 Å². The first-order valence-corrected chi connectivity index (χ1v) is 13.6. The monoisotopic (exact) mass is 502 g/mol. The highest BCUT2D eigenvalue weighted by molar-refractivity contribution is 5.67. The molecule has 3 heteroatoms. The normalized spacial score (nSPS) is 15.8. The number of halogens is 3. The lowest BCUT2D eigenvalue weighted by Crippen LogP contribution is -2.08. The van der Waals surface area contributed by atoms with Crippen LogP contribution in [0.2, 0.25) is 0 Å². The van der Waals surface area contributed by atoms with Crippen LogP contribution in [0.1, 0.15) is 74.1 Å². The minimum Gasteiger partial charge on any atom is -0.207 e. The van der Waals surface area contributed by atoms with Gasteiger partial charge in [-0.25, -0.2) is 13.2 Å². The summed E-state index contributed by atoms with van der Waals surface area (Å²) in [4.78, 5) is 0. The molecular weight excluding hydrogens is 465 g/mol. The summed E-state index contributed by atoms with van der Waals surface area (Å²) in [7, 11) is 0. The molecule has 1 unspecified atom stereocenters. The lowest BCUT2D eigenvalue weighted by atomic mass is 9.83. The van der Waals surface area contributed by atoms with Crippen molar-refractivity contribution in [3.63, 3.8) is 0 Å². The van der Waals surface area contributed by atoms with Crippen molar-refractivity contribution in [1.82, 2.24) is 0 Å². The highest BCUT2D eigenvalue weighted by atomic mass is 19.2. The Hall–Kier alpha value is -3.07. The Labute approximate surface area is 219 Å². The molecule has 1 aliphatic carbocycles. The summed E-state index contributed by atoms with van der Waals surface area (Å²) < 4.78 is 43.3. The van der Waals surface area contributed by atoms with Crippen LogP contribution >= 0.6 is 0 Å². The molecule has 0 spiro atoms. The van der Waals surface area contributed by atoms with E-state index in [-0.39, 0.29) is 5.82 Å². The molecule has 1 atom stereocenters. The van der Waals surface area contributed by atoms with Gasteiger partial charge in [0.25, 0.3) is 0 Å². The molecule has 1 aliphatic rings. The van der Waals surface area contributed by atoms with E-state index in [1.54, 1.807) is 25.1 Å². The van der Waals surface area contributed by atoms with E-state index in [4.69, 9.17) is 0 Å². The fourth-order valence-electron chi connectivity index (χ4n) is 5.09. The van der Waals surface area contributed by atoms with E-state index in [1.807, 2.05) is 18.2 Å².